The normalized spacial score (nSPS) is 12.5. The van der Waals surface area contributed by atoms with Gasteiger partial charge in [-0.25, -0.2) is 0 Å². The first-order valence-electron chi connectivity index (χ1n) is 12.1. The van der Waals surface area contributed by atoms with Crippen LogP contribution in [0.25, 0.3) is 0 Å². The third kappa shape index (κ3) is 8.32. The third-order valence-corrected chi connectivity index (χ3v) is 6.50. The van der Waals surface area contributed by atoms with Crippen LogP contribution in [-0.4, -0.2) is 42.0 Å². The van der Waals surface area contributed by atoms with E-state index in [9.17, 15) is 9.59 Å². The molecule has 0 heterocycles. The largest absolute Gasteiger partial charge is 0.490 e. The van der Waals surface area contributed by atoms with Crippen molar-refractivity contribution in [2.24, 2.45) is 0 Å². The van der Waals surface area contributed by atoms with E-state index in [4.69, 9.17) is 32.7 Å². The van der Waals surface area contributed by atoms with Crippen LogP contribution in [0.3, 0.4) is 0 Å². The molecule has 0 aliphatic rings. The molecule has 2 aromatic rings. The van der Waals surface area contributed by atoms with Crippen molar-refractivity contribution in [1.82, 2.24) is 10.2 Å². The van der Waals surface area contributed by atoms with Gasteiger partial charge >= 0.3 is 0 Å². The first-order chi connectivity index (χ1) is 16.7. The Morgan fingerprint density at radius 1 is 0.971 bits per heavy atom. The van der Waals surface area contributed by atoms with Crippen LogP contribution < -0.4 is 14.8 Å². The van der Waals surface area contributed by atoms with Crippen molar-refractivity contribution >= 4 is 35.0 Å². The molecule has 2 unspecified atom stereocenters. The van der Waals surface area contributed by atoms with Crippen LogP contribution in [0.4, 0.5) is 0 Å². The summed E-state index contributed by atoms with van der Waals surface area (Å²) in [7, 11) is 0. The standard InChI is InChI=1S/C27H36Cl2N2O4/c1-6-18(4)30-27(33)19(5)31(17-21-22(28)10-9-11-23(21)29)26(32)15-13-20-12-14-24(34-7-2)25(16-20)35-8-3/h9-12,14,16,18-19H,6-8,13,15,17H2,1-5H3,(H,30,33). The molecule has 0 radical (unpaired) electrons. The van der Waals surface area contributed by atoms with Crippen molar-refractivity contribution in [3.05, 3.63) is 57.6 Å². The lowest BCUT2D eigenvalue weighted by Gasteiger charge is -2.30. The first-order valence-corrected chi connectivity index (χ1v) is 12.9. The number of nitrogens with zero attached hydrogens (tertiary/aromatic N) is 1. The minimum atomic E-state index is -0.692. The zero-order chi connectivity index (χ0) is 26.0. The highest BCUT2D eigenvalue weighted by molar-refractivity contribution is 6.36. The first kappa shape index (κ1) is 28.8. The molecule has 2 aromatic carbocycles. The van der Waals surface area contributed by atoms with Gasteiger partial charge in [-0.15, -0.1) is 0 Å². The summed E-state index contributed by atoms with van der Waals surface area (Å²) < 4.78 is 11.3. The molecule has 0 aromatic heterocycles. The second kappa shape index (κ2) is 14.2. The Kier molecular flexibility index (Phi) is 11.7. The average Bonchev–Trinajstić information content (AvgIpc) is 2.83. The number of hydrogen-bond acceptors (Lipinski definition) is 4. The summed E-state index contributed by atoms with van der Waals surface area (Å²) in [4.78, 5) is 27.9. The van der Waals surface area contributed by atoms with Crippen molar-refractivity contribution in [1.29, 1.82) is 0 Å². The average molecular weight is 524 g/mol. The van der Waals surface area contributed by atoms with Gasteiger partial charge in [0, 0.05) is 34.6 Å². The summed E-state index contributed by atoms with van der Waals surface area (Å²) >= 11 is 12.8. The SMILES string of the molecule is CCOc1ccc(CCC(=O)N(Cc2c(Cl)cccc2Cl)C(C)C(=O)NC(C)CC)cc1OCC. The Bertz CT molecular complexity index is 979. The van der Waals surface area contributed by atoms with E-state index in [0.717, 1.165) is 12.0 Å². The van der Waals surface area contributed by atoms with Crippen LogP contribution in [-0.2, 0) is 22.6 Å². The van der Waals surface area contributed by atoms with E-state index in [-0.39, 0.29) is 30.8 Å². The van der Waals surface area contributed by atoms with Gasteiger partial charge < -0.3 is 19.7 Å². The summed E-state index contributed by atoms with van der Waals surface area (Å²) in [6.45, 7) is 10.7. The molecule has 192 valence electrons. The lowest BCUT2D eigenvalue weighted by molar-refractivity contribution is -0.140. The quantitative estimate of drug-likeness (QED) is 0.347. The van der Waals surface area contributed by atoms with Gasteiger partial charge in [0.1, 0.15) is 6.04 Å². The summed E-state index contributed by atoms with van der Waals surface area (Å²) in [6.07, 6.45) is 1.49. The Morgan fingerprint density at radius 2 is 1.60 bits per heavy atom. The van der Waals surface area contributed by atoms with Crippen molar-refractivity contribution in [3.63, 3.8) is 0 Å². The van der Waals surface area contributed by atoms with Gasteiger partial charge in [-0.3, -0.25) is 9.59 Å². The van der Waals surface area contributed by atoms with Crippen LogP contribution >= 0.6 is 23.2 Å². The van der Waals surface area contributed by atoms with E-state index in [0.29, 0.717) is 46.7 Å². The summed E-state index contributed by atoms with van der Waals surface area (Å²) in [6, 6.07) is 10.2. The lowest BCUT2D eigenvalue weighted by Crippen LogP contribution is -2.49. The molecule has 2 atom stereocenters. The maximum absolute atomic E-state index is 13.4. The number of ether oxygens (including phenoxy) is 2. The van der Waals surface area contributed by atoms with Crippen LogP contribution in [0.5, 0.6) is 11.5 Å². The van der Waals surface area contributed by atoms with Crippen LogP contribution in [0, 0.1) is 0 Å². The molecule has 0 bridgehead atoms. The van der Waals surface area contributed by atoms with Gasteiger partial charge in [-0.2, -0.15) is 0 Å². The topological polar surface area (TPSA) is 67.9 Å². The van der Waals surface area contributed by atoms with Crippen LogP contribution in [0.1, 0.15) is 58.6 Å². The number of halogens is 2. The zero-order valence-electron chi connectivity index (χ0n) is 21.2. The highest BCUT2D eigenvalue weighted by atomic mass is 35.5. The molecule has 0 saturated heterocycles. The fourth-order valence-electron chi connectivity index (χ4n) is 3.55. The van der Waals surface area contributed by atoms with E-state index in [1.54, 1.807) is 30.0 Å². The number of benzene rings is 2. The van der Waals surface area contributed by atoms with Crippen molar-refractivity contribution in [2.75, 3.05) is 13.2 Å². The van der Waals surface area contributed by atoms with Crippen molar-refractivity contribution in [2.45, 2.75) is 72.5 Å². The monoisotopic (exact) mass is 522 g/mol. The summed E-state index contributed by atoms with van der Waals surface area (Å²) in [5.41, 5.74) is 1.56. The molecule has 0 fully saturated rings. The van der Waals surface area contributed by atoms with E-state index >= 15 is 0 Å². The maximum atomic E-state index is 13.4. The number of nitrogens with one attached hydrogen (secondary N) is 1. The predicted octanol–water partition coefficient (Wildman–Crippen LogP) is 6.06. The molecule has 0 spiro atoms. The molecular weight excluding hydrogens is 487 g/mol. The number of aryl methyl sites for hydroxylation is 1. The maximum Gasteiger partial charge on any atom is 0.242 e. The molecule has 2 rings (SSSR count). The molecule has 6 nitrogen and oxygen atoms in total. The minimum absolute atomic E-state index is 0.00615. The number of carbonyl (C=O) groups excluding carboxylic acids is 2. The molecular formula is C27H36Cl2N2O4. The summed E-state index contributed by atoms with van der Waals surface area (Å²) in [5.74, 6) is 0.949. The van der Waals surface area contributed by atoms with E-state index in [2.05, 4.69) is 5.32 Å². The second-order valence-corrected chi connectivity index (χ2v) is 9.18. The predicted molar refractivity (Wildman–Crippen MR) is 141 cm³/mol. The highest BCUT2D eigenvalue weighted by Crippen LogP contribution is 2.30. The Hall–Kier alpha value is -2.44. The van der Waals surface area contributed by atoms with E-state index in [1.165, 1.54) is 0 Å². The molecule has 1 N–H and O–H groups in total. The molecule has 0 aliphatic carbocycles. The van der Waals surface area contributed by atoms with E-state index < -0.39 is 6.04 Å². The molecule has 2 amide bonds. The minimum Gasteiger partial charge on any atom is -0.490 e. The number of amides is 2. The van der Waals surface area contributed by atoms with Gasteiger partial charge in [-0.05, 0) is 70.4 Å². The molecule has 0 saturated carbocycles. The smallest absolute Gasteiger partial charge is 0.242 e. The number of hydrogen-bond donors (Lipinski definition) is 1. The fraction of sp³-hybridized carbons (Fsp3) is 0.481. The third-order valence-electron chi connectivity index (χ3n) is 5.79. The molecule has 8 heteroatoms. The van der Waals surface area contributed by atoms with Gasteiger partial charge in [-0.1, -0.05) is 42.3 Å². The van der Waals surface area contributed by atoms with Gasteiger partial charge in [0.2, 0.25) is 11.8 Å². The number of rotatable bonds is 13. The highest BCUT2D eigenvalue weighted by Gasteiger charge is 2.28. The molecule has 0 aliphatic heterocycles. The van der Waals surface area contributed by atoms with E-state index in [1.807, 2.05) is 45.9 Å². The van der Waals surface area contributed by atoms with Gasteiger partial charge in [0.25, 0.3) is 0 Å². The van der Waals surface area contributed by atoms with Crippen molar-refractivity contribution in [3.8, 4) is 11.5 Å². The van der Waals surface area contributed by atoms with Gasteiger partial charge in [0.15, 0.2) is 11.5 Å². The molecule has 35 heavy (non-hydrogen) atoms. The van der Waals surface area contributed by atoms with Crippen LogP contribution in [0.15, 0.2) is 36.4 Å². The number of carbonyl (C=O) groups is 2. The van der Waals surface area contributed by atoms with Gasteiger partial charge in [0.05, 0.1) is 13.2 Å². The Morgan fingerprint density at radius 3 is 2.20 bits per heavy atom. The zero-order valence-corrected chi connectivity index (χ0v) is 22.7. The van der Waals surface area contributed by atoms with Crippen LogP contribution in [0.2, 0.25) is 10.0 Å². The fourth-order valence-corrected chi connectivity index (χ4v) is 4.06. The Balaban J connectivity index is 2.24. The van der Waals surface area contributed by atoms with Crippen molar-refractivity contribution < 1.29 is 19.1 Å². The second-order valence-electron chi connectivity index (χ2n) is 8.36. The summed E-state index contributed by atoms with van der Waals surface area (Å²) in [5, 5.41) is 3.88. The Labute approximate surface area is 218 Å². The lowest BCUT2D eigenvalue weighted by atomic mass is 10.1.